The van der Waals surface area contributed by atoms with Crippen molar-refractivity contribution in [2.24, 2.45) is 5.73 Å². The maximum atomic E-state index is 10.3. The number of nitrogens with two attached hydrogens (primary N) is 1. The lowest BCUT2D eigenvalue weighted by atomic mass is 10.3. The van der Waals surface area contributed by atoms with Crippen LogP contribution in [0.15, 0.2) is 16.5 Å². The molecule has 0 aliphatic heterocycles. The van der Waals surface area contributed by atoms with Crippen molar-refractivity contribution in [2.75, 3.05) is 0 Å². The van der Waals surface area contributed by atoms with Gasteiger partial charge in [-0.1, -0.05) is 0 Å². The van der Waals surface area contributed by atoms with Crippen LogP contribution in [0.5, 0.6) is 0 Å². The predicted molar refractivity (Wildman–Crippen MR) is 45.5 cm³/mol. The molecule has 12 heavy (non-hydrogen) atoms. The Kier molecular flexibility index (Phi) is 3.79. The molecule has 1 aromatic rings. The second-order valence-corrected chi connectivity index (χ2v) is 2.30. The Balaban J connectivity index is 0.00000121. The van der Waals surface area contributed by atoms with Crippen LogP contribution in [-0.2, 0) is 0 Å². The van der Waals surface area contributed by atoms with Gasteiger partial charge in [0.05, 0.1) is 6.04 Å². The Bertz CT molecular complexity index is 269. The summed E-state index contributed by atoms with van der Waals surface area (Å²) >= 11 is 0. The summed E-state index contributed by atoms with van der Waals surface area (Å²) in [6.45, 7) is 1.73. The van der Waals surface area contributed by atoms with Crippen molar-refractivity contribution in [1.82, 2.24) is 0 Å². The number of furan rings is 1. The lowest BCUT2D eigenvalue weighted by Crippen LogP contribution is -2.03. The molecule has 0 fully saturated rings. The van der Waals surface area contributed by atoms with Crippen LogP contribution in [0.4, 0.5) is 0 Å². The molecule has 0 amide bonds. The van der Waals surface area contributed by atoms with E-state index in [-0.39, 0.29) is 24.2 Å². The van der Waals surface area contributed by atoms with Gasteiger partial charge < -0.3 is 15.3 Å². The van der Waals surface area contributed by atoms with Crippen LogP contribution >= 0.6 is 12.4 Å². The second kappa shape index (κ2) is 4.13. The minimum atomic E-state index is -1.07. The molecule has 1 heterocycles. The summed E-state index contributed by atoms with van der Waals surface area (Å²) in [7, 11) is 0. The molecule has 0 bridgehead atoms. The number of carboxylic acids is 1. The zero-order chi connectivity index (χ0) is 8.43. The van der Waals surface area contributed by atoms with Crippen LogP contribution < -0.4 is 5.73 Å². The quantitative estimate of drug-likeness (QED) is 0.741. The van der Waals surface area contributed by atoms with Gasteiger partial charge in [-0.25, -0.2) is 4.79 Å². The highest BCUT2D eigenvalue weighted by Gasteiger charge is 2.10. The molecule has 0 aliphatic carbocycles. The van der Waals surface area contributed by atoms with Gasteiger partial charge in [0.25, 0.3) is 0 Å². The van der Waals surface area contributed by atoms with Gasteiger partial charge in [0, 0.05) is 0 Å². The predicted octanol–water partition coefficient (Wildman–Crippen LogP) is 1.42. The average Bonchev–Trinajstić information content (AvgIpc) is 2.33. The van der Waals surface area contributed by atoms with E-state index in [9.17, 15) is 4.79 Å². The Morgan fingerprint density at radius 3 is 2.50 bits per heavy atom. The molecule has 3 N–H and O–H groups in total. The number of carbonyl (C=O) groups is 1. The molecule has 1 atom stereocenters. The highest BCUT2D eigenvalue weighted by molar-refractivity contribution is 5.85. The van der Waals surface area contributed by atoms with E-state index < -0.39 is 5.97 Å². The number of hydrogen-bond acceptors (Lipinski definition) is 3. The second-order valence-electron chi connectivity index (χ2n) is 2.30. The van der Waals surface area contributed by atoms with Gasteiger partial charge in [0.1, 0.15) is 5.76 Å². The fourth-order valence-electron chi connectivity index (χ4n) is 0.712. The van der Waals surface area contributed by atoms with Gasteiger partial charge in [-0.15, -0.1) is 12.4 Å². The summed E-state index contributed by atoms with van der Waals surface area (Å²) in [5.41, 5.74) is 5.44. The lowest BCUT2D eigenvalue weighted by molar-refractivity contribution is 0.0660. The van der Waals surface area contributed by atoms with Crippen molar-refractivity contribution >= 4 is 18.4 Å². The summed E-state index contributed by atoms with van der Waals surface area (Å²) in [6, 6.07) is 2.69. The van der Waals surface area contributed by atoms with E-state index in [4.69, 9.17) is 15.3 Å². The van der Waals surface area contributed by atoms with E-state index in [1.54, 1.807) is 13.0 Å². The standard InChI is InChI=1S/C7H9NO3.ClH/c1-4(8)5-2-3-6(11-5)7(9)10;/h2-4H,8H2,1H3,(H,9,10);1H. The SMILES string of the molecule is CC(N)c1ccc(C(=O)O)o1.Cl. The Morgan fingerprint density at radius 2 is 2.25 bits per heavy atom. The van der Waals surface area contributed by atoms with Gasteiger partial charge in [-0.2, -0.15) is 0 Å². The monoisotopic (exact) mass is 191 g/mol. The fourth-order valence-corrected chi connectivity index (χ4v) is 0.712. The first kappa shape index (κ1) is 11.0. The molecule has 0 saturated heterocycles. The van der Waals surface area contributed by atoms with Gasteiger partial charge in [-0.05, 0) is 19.1 Å². The zero-order valence-corrected chi connectivity index (χ0v) is 7.30. The molecule has 0 spiro atoms. The molecule has 1 unspecified atom stereocenters. The van der Waals surface area contributed by atoms with E-state index in [2.05, 4.69) is 0 Å². The minimum Gasteiger partial charge on any atom is -0.475 e. The fraction of sp³-hybridized carbons (Fsp3) is 0.286. The summed E-state index contributed by atoms with van der Waals surface area (Å²) in [5, 5.41) is 8.45. The maximum absolute atomic E-state index is 10.3. The summed E-state index contributed by atoms with van der Waals surface area (Å²) in [6.07, 6.45) is 0. The van der Waals surface area contributed by atoms with Crippen LogP contribution in [-0.4, -0.2) is 11.1 Å². The summed E-state index contributed by atoms with van der Waals surface area (Å²) in [5.74, 6) is -0.656. The molecule has 5 heteroatoms. The first-order valence-corrected chi connectivity index (χ1v) is 3.20. The maximum Gasteiger partial charge on any atom is 0.371 e. The Morgan fingerprint density at radius 1 is 1.67 bits per heavy atom. The number of carboxylic acid groups (broad SMARTS) is 1. The van der Waals surface area contributed by atoms with E-state index in [1.807, 2.05) is 0 Å². The van der Waals surface area contributed by atoms with Crippen LogP contribution in [0.1, 0.15) is 29.3 Å². The number of aromatic carboxylic acids is 1. The van der Waals surface area contributed by atoms with E-state index in [0.29, 0.717) is 5.76 Å². The molecule has 0 radical (unpaired) electrons. The van der Waals surface area contributed by atoms with Gasteiger partial charge in [0.2, 0.25) is 5.76 Å². The molecule has 0 aliphatic rings. The molecule has 68 valence electrons. The van der Waals surface area contributed by atoms with E-state index >= 15 is 0 Å². The molecule has 1 rings (SSSR count). The van der Waals surface area contributed by atoms with Gasteiger partial charge >= 0.3 is 5.97 Å². The smallest absolute Gasteiger partial charge is 0.371 e. The Labute approximate surface area is 75.8 Å². The molecule has 0 saturated carbocycles. The Hall–Kier alpha value is -1.00. The zero-order valence-electron chi connectivity index (χ0n) is 6.48. The normalized spacial score (nSPS) is 11.8. The van der Waals surface area contributed by atoms with Crippen LogP contribution in [0, 0.1) is 0 Å². The third kappa shape index (κ3) is 2.25. The van der Waals surface area contributed by atoms with Crippen molar-refractivity contribution in [3.63, 3.8) is 0 Å². The summed E-state index contributed by atoms with van der Waals surface area (Å²) < 4.78 is 4.88. The highest BCUT2D eigenvalue weighted by atomic mass is 35.5. The average molecular weight is 192 g/mol. The molecule has 1 aromatic heterocycles. The van der Waals surface area contributed by atoms with Crippen molar-refractivity contribution in [3.05, 3.63) is 23.7 Å². The summed E-state index contributed by atoms with van der Waals surface area (Å²) in [4.78, 5) is 10.3. The molecule has 0 aromatic carbocycles. The number of hydrogen-bond donors (Lipinski definition) is 2. The first-order chi connectivity index (χ1) is 5.11. The third-order valence-electron chi connectivity index (χ3n) is 1.29. The molecule has 4 nitrogen and oxygen atoms in total. The van der Waals surface area contributed by atoms with Crippen molar-refractivity contribution in [1.29, 1.82) is 0 Å². The minimum absolute atomic E-state index is 0. The van der Waals surface area contributed by atoms with E-state index in [0.717, 1.165) is 0 Å². The lowest BCUT2D eigenvalue weighted by Gasteiger charge is -1.97. The van der Waals surface area contributed by atoms with Crippen molar-refractivity contribution in [2.45, 2.75) is 13.0 Å². The molecular weight excluding hydrogens is 182 g/mol. The number of rotatable bonds is 2. The van der Waals surface area contributed by atoms with Crippen LogP contribution in [0.3, 0.4) is 0 Å². The highest BCUT2D eigenvalue weighted by Crippen LogP contribution is 2.13. The molecular formula is C7H10ClNO3. The van der Waals surface area contributed by atoms with E-state index in [1.165, 1.54) is 6.07 Å². The van der Waals surface area contributed by atoms with Crippen molar-refractivity contribution in [3.8, 4) is 0 Å². The van der Waals surface area contributed by atoms with Crippen molar-refractivity contribution < 1.29 is 14.3 Å². The third-order valence-corrected chi connectivity index (χ3v) is 1.29. The van der Waals surface area contributed by atoms with Crippen LogP contribution in [0.25, 0.3) is 0 Å². The van der Waals surface area contributed by atoms with Crippen LogP contribution in [0.2, 0.25) is 0 Å². The number of halogens is 1. The largest absolute Gasteiger partial charge is 0.475 e. The van der Waals surface area contributed by atoms with Gasteiger partial charge in [0.15, 0.2) is 0 Å². The van der Waals surface area contributed by atoms with Gasteiger partial charge in [-0.3, -0.25) is 0 Å². The topological polar surface area (TPSA) is 76.5 Å². The first-order valence-electron chi connectivity index (χ1n) is 3.20.